The van der Waals surface area contributed by atoms with Gasteiger partial charge in [-0.15, -0.1) is 11.6 Å². The van der Waals surface area contributed by atoms with E-state index >= 15 is 0 Å². The Hall–Kier alpha value is -1.61. The average molecular weight is 263 g/mol. The van der Waals surface area contributed by atoms with Crippen LogP contribution in [0, 0.1) is 6.92 Å². The average Bonchev–Trinajstić information content (AvgIpc) is 2.41. The predicted molar refractivity (Wildman–Crippen MR) is 72.0 cm³/mol. The van der Waals surface area contributed by atoms with Gasteiger partial charge in [0.1, 0.15) is 5.75 Å². The Labute approximate surface area is 112 Å². The van der Waals surface area contributed by atoms with E-state index in [2.05, 4.69) is 9.97 Å². The van der Waals surface area contributed by atoms with E-state index in [1.54, 1.807) is 6.20 Å². The first-order chi connectivity index (χ1) is 8.79. The smallest absolute Gasteiger partial charge is 0.142 e. The van der Waals surface area contributed by atoms with Gasteiger partial charge >= 0.3 is 0 Å². The Morgan fingerprint density at radius 1 is 1.22 bits per heavy atom. The maximum Gasteiger partial charge on any atom is 0.142 e. The molecule has 4 heteroatoms. The number of alkyl halides is 1. The van der Waals surface area contributed by atoms with Crippen LogP contribution in [0.25, 0.3) is 0 Å². The zero-order chi connectivity index (χ0) is 12.8. The van der Waals surface area contributed by atoms with Crippen LogP contribution in [-0.4, -0.2) is 16.6 Å². The summed E-state index contributed by atoms with van der Waals surface area (Å²) in [6, 6.07) is 9.70. The van der Waals surface area contributed by atoms with Crippen LogP contribution in [0.5, 0.6) is 5.75 Å². The highest BCUT2D eigenvalue weighted by Crippen LogP contribution is 2.18. The molecule has 2 aromatic heterocycles. The number of aryl methyl sites for hydroxylation is 1. The van der Waals surface area contributed by atoms with E-state index < -0.39 is 0 Å². The number of rotatable bonds is 5. The molecular weight excluding hydrogens is 248 g/mol. The minimum atomic E-state index is 0.362. The molecule has 2 aromatic rings. The van der Waals surface area contributed by atoms with Crippen molar-refractivity contribution in [3.05, 3.63) is 53.6 Å². The Balaban J connectivity index is 1.94. The van der Waals surface area contributed by atoms with Crippen molar-refractivity contribution in [3.63, 3.8) is 0 Å². The molecule has 0 unspecified atom stereocenters. The number of pyridine rings is 2. The van der Waals surface area contributed by atoms with Crippen LogP contribution in [0.4, 0.5) is 0 Å². The van der Waals surface area contributed by atoms with Gasteiger partial charge in [0, 0.05) is 24.0 Å². The second-order valence-electron chi connectivity index (χ2n) is 3.95. The van der Waals surface area contributed by atoms with Crippen molar-refractivity contribution in [1.82, 2.24) is 9.97 Å². The summed E-state index contributed by atoms with van der Waals surface area (Å²) in [7, 11) is 0. The highest BCUT2D eigenvalue weighted by Gasteiger charge is 2.04. The number of hydrogen-bond acceptors (Lipinski definition) is 3. The van der Waals surface area contributed by atoms with Gasteiger partial charge in [-0.2, -0.15) is 0 Å². The Morgan fingerprint density at radius 3 is 2.83 bits per heavy atom. The van der Waals surface area contributed by atoms with Gasteiger partial charge in [0.2, 0.25) is 0 Å². The fraction of sp³-hybridized carbons (Fsp3) is 0.286. The zero-order valence-corrected chi connectivity index (χ0v) is 11.0. The van der Waals surface area contributed by atoms with Crippen LogP contribution < -0.4 is 4.74 Å². The first-order valence-electron chi connectivity index (χ1n) is 5.85. The summed E-state index contributed by atoms with van der Waals surface area (Å²) in [4.78, 5) is 8.59. The van der Waals surface area contributed by atoms with Crippen molar-refractivity contribution in [2.75, 3.05) is 6.61 Å². The van der Waals surface area contributed by atoms with Gasteiger partial charge in [0.15, 0.2) is 0 Å². The van der Waals surface area contributed by atoms with E-state index in [0.29, 0.717) is 12.5 Å². The molecule has 0 saturated carbocycles. The molecule has 0 aromatic carbocycles. The Morgan fingerprint density at radius 2 is 2.11 bits per heavy atom. The van der Waals surface area contributed by atoms with E-state index in [-0.39, 0.29) is 0 Å². The van der Waals surface area contributed by atoms with E-state index in [1.165, 1.54) is 0 Å². The second kappa shape index (κ2) is 6.36. The summed E-state index contributed by atoms with van der Waals surface area (Å²) in [6.45, 7) is 2.51. The second-order valence-corrected chi connectivity index (χ2v) is 4.22. The molecule has 0 bridgehead atoms. The lowest BCUT2D eigenvalue weighted by molar-refractivity contribution is 0.316. The first-order valence-corrected chi connectivity index (χ1v) is 6.38. The van der Waals surface area contributed by atoms with Crippen LogP contribution in [0.1, 0.15) is 17.1 Å². The lowest BCUT2D eigenvalue weighted by atomic mass is 10.3. The molecule has 0 spiro atoms. The number of ether oxygens (including phenoxy) is 1. The maximum absolute atomic E-state index is 5.85. The third-order valence-electron chi connectivity index (χ3n) is 2.54. The lowest BCUT2D eigenvalue weighted by Gasteiger charge is -2.09. The van der Waals surface area contributed by atoms with Crippen molar-refractivity contribution in [3.8, 4) is 5.75 Å². The summed E-state index contributed by atoms with van der Waals surface area (Å²) < 4.78 is 5.70. The van der Waals surface area contributed by atoms with Gasteiger partial charge in [-0.3, -0.25) is 9.97 Å². The van der Waals surface area contributed by atoms with Crippen molar-refractivity contribution >= 4 is 11.6 Å². The largest absolute Gasteiger partial charge is 0.491 e. The zero-order valence-electron chi connectivity index (χ0n) is 10.3. The molecule has 18 heavy (non-hydrogen) atoms. The fourth-order valence-electron chi connectivity index (χ4n) is 1.64. The maximum atomic E-state index is 5.85. The number of aromatic nitrogens is 2. The number of halogens is 1. The van der Waals surface area contributed by atoms with Crippen LogP contribution >= 0.6 is 11.6 Å². The van der Waals surface area contributed by atoms with Crippen LogP contribution in [0.3, 0.4) is 0 Å². The lowest BCUT2D eigenvalue weighted by Crippen LogP contribution is -2.05. The SMILES string of the molecule is Cc1ccc(OCCc2ccccn2)c(CCl)n1. The van der Waals surface area contributed by atoms with Gasteiger partial charge < -0.3 is 4.74 Å². The molecule has 2 rings (SSSR count). The molecule has 2 heterocycles. The monoisotopic (exact) mass is 262 g/mol. The van der Waals surface area contributed by atoms with Crippen molar-refractivity contribution in [1.29, 1.82) is 0 Å². The number of nitrogens with zero attached hydrogens (tertiary/aromatic N) is 2. The van der Waals surface area contributed by atoms with Gasteiger partial charge in [-0.1, -0.05) is 6.07 Å². The van der Waals surface area contributed by atoms with Crippen LogP contribution in [-0.2, 0) is 12.3 Å². The van der Waals surface area contributed by atoms with Crippen LogP contribution in [0.2, 0.25) is 0 Å². The molecular formula is C14H15ClN2O. The fourth-order valence-corrected chi connectivity index (χ4v) is 1.83. The molecule has 3 nitrogen and oxygen atoms in total. The van der Waals surface area contributed by atoms with E-state index in [9.17, 15) is 0 Å². The summed E-state index contributed by atoms with van der Waals surface area (Å²) in [5.41, 5.74) is 2.76. The summed E-state index contributed by atoms with van der Waals surface area (Å²) in [5.74, 6) is 1.12. The van der Waals surface area contributed by atoms with Crippen molar-refractivity contribution in [2.45, 2.75) is 19.2 Å². The van der Waals surface area contributed by atoms with Crippen molar-refractivity contribution in [2.24, 2.45) is 0 Å². The molecule has 0 radical (unpaired) electrons. The Bertz CT molecular complexity index is 502. The third kappa shape index (κ3) is 3.44. The Kier molecular flexibility index (Phi) is 4.53. The minimum absolute atomic E-state index is 0.362. The standard InChI is InChI=1S/C14H15ClN2O/c1-11-5-6-14(13(10-15)17-11)18-9-7-12-4-2-3-8-16-12/h2-6,8H,7,9-10H2,1H3. The normalized spacial score (nSPS) is 10.3. The quantitative estimate of drug-likeness (QED) is 0.777. The molecule has 0 aliphatic rings. The van der Waals surface area contributed by atoms with Gasteiger partial charge in [0.25, 0.3) is 0 Å². The predicted octanol–water partition coefficient (Wildman–Crippen LogP) is 3.15. The third-order valence-corrected chi connectivity index (χ3v) is 2.79. The highest BCUT2D eigenvalue weighted by molar-refractivity contribution is 6.17. The van der Waals surface area contributed by atoms with Crippen molar-refractivity contribution < 1.29 is 4.74 Å². The molecule has 0 fully saturated rings. The van der Waals surface area contributed by atoms with E-state index in [1.807, 2.05) is 37.3 Å². The molecule has 0 aliphatic heterocycles. The van der Waals surface area contributed by atoms with Crippen LogP contribution in [0.15, 0.2) is 36.5 Å². The molecule has 0 saturated heterocycles. The molecule has 0 N–H and O–H groups in total. The van der Waals surface area contributed by atoms with Gasteiger partial charge in [-0.05, 0) is 31.2 Å². The topological polar surface area (TPSA) is 35.0 Å². The van der Waals surface area contributed by atoms with E-state index in [0.717, 1.165) is 29.3 Å². The number of hydrogen-bond donors (Lipinski definition) is 0. The van der Waals surface area contributed by atoms with E-state index in [4.69, 9.17) is 16.3 Å². The molecule has 0 aliphatic carbocycles. The molecule has 0 amide bonds. The first kappa shape index (κ1) is 12.8. The summed E-state index contributed by atoms with van der Waals surface area (Å²) >= 11 is 5.85. The highest BCUT2D eigenvalue weighted by atomic mass is 35.5. The molecule has 94 valence electrons. The van der Waals surface area contributed by atoms with Gasteiger partial charge in [-0.25, -0.2) is 0 Å². The molecule has 0 atom stereocenters. The van der Waals surface area contributed by atoms with Gasteiger partial charge in [0.05, 0.1) is 18.2 Å². The summed E-state index contributed by atoms with van der Waals surface area (Å²) in [6.07, 6.45) is 2.56. The summed E-state index contributed by atoms with van der Waals surface area (Å²) in [5, 5.41) is 0. The minimum Gasteiger partial charge on any atom is -0.491 e.